The van der Waals surface area contributed by atoms with E-state index in [-0.39, 0.29) is 12.1 Å². The molecule has 0 aromatic carbocycles. The summed E-state index contributed by atoms with van der Waals surface area (Å²) in [6.45, 7) is 7.28. The second-order valence-electron chi connectivity index (χ2n) is 5.06. The summed E-state index contributed by atoms with van der Waals surface area (Å²) in [7, 11) is 0. The Kier molecular flexibility index (Phi) is 4.76. The lowest BCUT2D eigenvalue weighted by atomic mass is 10.2. The van der Waals surface area contributed by atoms with Crippen molar-refractivity contribution in [2.24, 2.45) is 0 Å². The highest BCUT2D eigenvalue weighted by Gasteiger charge is 2.14. The summed E-state index contributed by atoms with van der Waals surface area (Å²) in [5.41, 5.74) is 0.653. The van der Waals surface area contributed by atoms with E-state index in [1.54, 1.807) is 33.8 Å². The number of ether oxygens (including phenoxy) is 1. The monoisotopic (exact) mass is 262 g/mol. The Bertz CT molecular complexity index is 571. The van der Waals surface area contributed by atoms with Gasteiger partial charge < -0.3 is 15.0 Å². The fourth-order valence-corrected chi connectivity index (χ4v) is 1.25. The van der Waals surface area contributed by atoms with Gasteiger partial charge in [0.05, 0.1) is 6.54 Å². The minimum absolute atomic E-state index is 0.127. The molecular formula is C14H18N2O3. The molecule has 2 N–H and O–H groups in total. The van der Waals surface area contributed by atoms with Crippen molar-refractivity contribution in [2.45, 2.75) is 33.3 Å². The van der Waals surface area contributed by atoms with Crippen molar-refractivity contribution < 1.29 is 9.53 Å². The van der Waals surface area contributed by atoms with E-state index in [0.717, 1.165) is 0 Å². The lowest BCUT2D eigenvalue weighted by Gasteiger charge is -2.18. The summed E-state index contributed by atoms with van der Waals surface area (Å²) in [6, 6.07) is 1.69. The Balaban J connectivity index is 2.50. The first-order valence-corrected chi connectivity index (χ1v) is 5.93. The summed E-state index contributed by atoms with van der Waals surface area (Å²) in [4.78, 5) is 25.0. The predicted octanol–water partition coefficient (Wildman–Crippen LogP) is 1.56. The van der Waals surface area contributed by atoms with Crippen LogP contribution in [0.1, 0.15) is 31.9 Å². The molecular weight excluding hydrogens is 244 g/mol. The molecule has 0 fully saturated rings. The highest BCUT2D eigenvalue weighted by atomic mass is 16.6. The largest absolute Gasteiger partial charge is 0.444 e. The van der Waals surface area contributed by atoms with Crippen LogP contribution in [0.4, 0.5) is 4.79 Å². The van der Waals surface area contributed by atoms with Crippen molar-refractivity contribution in [1.82, 2.24) is 10.3 Å². The van der Waals surface area contributed by atoms with Crippen molar-refractivity contribution in [3.8, 4) is 11.8 Å². The molecule has 0 spiro atoms. The van der Waals surface area contributed by atoms with Crippen LogP contribution in [0.25, 0.3) is 0 Å². The quantitative estimate of drug-likeness (QED) is 0.754. The fraction of sp³-hybridized carbons (Fsp3) is 0.429. The van der Waals surface area contributed by atoms with Gasteiger partial charge in [0, 0.05) is 17.3 Å². The van der Waals surface area contributed by atoms with Gasteiger partial charge in [0.2, 0.25) is 0 Å². The molecule has 1 heterocycles. The Hall–Kier alpha value is -2.22. The van der Waals surface area contributed by atoms with Gasteiger partial charge in [-0.3, -0.25) is 4.79 Å². The number of carbonyl (C=O) groups excluding carboxylic acids is 1. The number of aryl methyl sites for hydroxylation is 1. The third-order valence-electron chi connectivity index (χ3n) is 2.04. The van der Waals surface area contributed by atoms with Gasteiger partial charge in [-0.2, -0.15) is 0 Å². The summed E-state index contributed by atoms with van der Waals surface area (Å²) in [5.74, 6) is 5.62. The molecule has 102 valence electrons. The molecule has 0 atom stereocenters. The van der Waals surface area contributed by atoms with Gasteiger partial charge in [-0.1, -0.05) is 11.8 Å². The fourth-order valence-electron chi connectivity index (χ4n) is 1.25. The van der Waals surface area contributed by atoms with E-state index < -0.39 is 11.7 Å². The minimum Gasteiger partial charge on any atom is -0.444 e. The van der Waals surface area contributed by atoms with Crippen LogP contribution < -0.4 is 10.9 Å². The Morgan fingerprint density at radius 2 is 2.16 bits per heavy atom. The standard InChI is InChI=1S/C14H18N2O3/c1-10-8-11(9-16-12(10)17)6-5-7-15-13(18)19-14(2,3)4/h8-9H,7H2,1-4H3,(H,15,18)(H,16,17). The second-order valence-corrected chi connectivity index (χ2v) is 5.06. The van der Waals surface area contributed by atoms with Gasteiger partial charge in [-0.25, -0.2) is 4.79 Å². The molecule has 0 aliphatic rings. The number of hydrogen-bond donors (Lipinski definition) is 2. The number of nitrogens with one attached hydrogen (secondary N) is 2. The van der Waals surface area contributed by atoms with Crippen molar-refractivity contribution in [3.63, 3.8) is 0 Å². The molecule has 0 saturated heterocycles. The summed E-state index contributed by atoms with van der Waals surface area (Å²) >= 11 is 0. The first kappa shape index (κ1) is 14.8. The lowest BCUT2D eigenvalue weighted by Crippen LogP contribution is -2.32. The van der Waals surface area contributed by atoms with Crippen molar-refractivity contribution in [2.75, 3.05) is 6.54 Å². The second kappa shape index (κ2) is 6.10. The predicted molar refractivity (Wildman–Crippen MR) is 72.9 cm³/mol. The van der Waals surface area contributed by atoms with Crippen LogP contribution in [0.5, 0.6) is 0 Å². The van der Waals surface area contributed by atoms with Crippen LogP contribution in [-0.2, 0) is 4.74 Å². The average molecular weight is 262 g/mol. The van der Waals surface area contributed by atoms with E-state index in [4.69, 9.17) is 4.74 Å². The highest BCUT2D eigenvalue weighted by molar-refractivity contribution is 5.68. The minimum atomic E-state index is -0.520. The number of aromatic amines is 1. The third-order valence-corrected chi connectivity index (χ3v) is 2.04. The maximum atomic E-state index is 11.3. The zero-order valence-electron chi connectivity index (χ0n) is 11.6. The van der Waals surface area contributed by atoms with E-state index in [0.29, 0.717) is 11.1 Å². The molecule has 0 aliphatic carbocycles. The van der Waals surface area contributed by atoms with Gasteiger partial charge in [0.25, 0.3) is 5.56 Å². The molecule has 1 amide bonds. The van der Waals surface area contributed by atoms with Gasteiger partial charge >= 0.3 is 6.09 Å². The summed E-state index contributed by atoms with van der Waals surface area (Å²) in [6.07, 6.45) is 1.04. The maximum absolute atomic E-state index is 11.3. The molecule has 5 heteroatoms. The molecule has 0 saturated carbocycles. The first-order valence-electron chi connectivity index (χ1n) is 5.93. The van der Waals surface area contributed by atoms with Crippen LogP contribution in [0.15, 0.2) is 17.1 Å². The third kappa shape index (κ3) is 5.77. The molecule has 0 radical (unpaired) electrons. The van der Waals surface area contributed by atoms with Crippen LogP contribution >= 0.6 is 0 Å². The molecule has 0 unspecified atom stereocenters. The number of carbonyl (C=O) groups is 1. The van der Waals surface area contributed by atoms with Crippen LogP contribution in [0.3, 0.4) is 0 Å². The summed E-state index contributed by atoms with van der Waals surface area (Å²) < 4.78 is 5.06. The van der Waals surface area contributed by atoms with Gasteiger partial charge in [-0.05, 0) is 33.8 Å². The number of pyridine rings is 1. The van der Waals surface area contributed by atoms with Gasteiger partial charge in [0.15, 0.2) is 0 Å². The van der Waals surface area contributed by atoms with Crippen LogP contribution in [0, 0.1) is 18.8 Å². The number of alkyl carbamates (subject to hydrolysis) is 1. The Labute approximate surface area is 112 Å². The molecule has 1 aromatic heterocycles. The molecule has 1 aromatic rings. The van der Waals surface area contributed by atoms with Crippen molar-refractivity contribution in [1.29, 1.82) is 0 Å². The zero-order valence-corrected chi connectivity index (χ0v) is 11.6. The number of amides is 1. The normalized spacial score (nSPS) is 10.3. The van der Waals surface area contributed by atoms with E-state index in [1.165, 1.54) is 6.20 Å². The Morgan fingerprint density at radius 1 is 1.47 bits per heavy atom. The number of hydrogen-bond acceptors (Lipinski definition) is 3. The highest BCUT2D eigenvalue weighted by Crippen LogP contribution is 2.05. The van der Waals surface area contributed by atoms with E-state index in [2.05, 4.69) is 22.1 Å². The average Bonchev–Trinajstić information content (AvgIpc) is 2.27. The van der Waals surface area contributed by atoms with Crippen LogP contribution in [0.2, 0.25) is 0 Å². The SMILES string of the molecule is Cc1cc(C#CCNC(=O)OC(C)(C)C)c[nH]c1=O. The Morgan fingerprint density at radius 3 is 2.74 bits per heavy atom. The molecule has 1 rings (SSSR count). The van der Waals surface area contributed by atoms with E-state index in [9.17, 15) is 9.59 Å². The van der Waals surface area contributed by atoms with Crippen molar-refractivity contribution >= 4 is 6.09 Å². The smallest absolute Gasteiger partial charge is 0.408 e. The van der Waals surface area contributed by atoms with Gasteiger partial charge in [0.1, 0.15) is 5.60 Å². The molecule has 5 nitrogen and oxygen atoms in total. The first-order chi connectivity index (χ1) is 8.78. The number of aromatic nitrogens is 1. The number of rotatable bonds is 1. The zero-order chi connectivity index (χ0) is 14.5. The van der Waals surface area contributed by atoms with Crippen LogP contribution in [-0.4, -0.2) is 23.2 Å². The van der Waals surface area contributed by atoms with E-state index >= 15 is 0 Å². The molecule has 0 aliphatic heterocycles. The van der Waals surface area contributed by atoms with Crippen molar-refractivity contribution in [3.05, 3.63) is 33.7 Å². The molecule has 19 heavy (non-hydrogen) atoms. The molecule has 0 bridgehead atoms. The van der Waals surface area contributed by atoms with Gasteiger partial charge in [-0.15, -0.1) is 0 Å². The summed E-state index contributed by atoms with van der Waals surface area (Å²) in [5, 5.41) is 2.53. The number of H-pyrrole nitrogens is 1. The topological polar surface area (TPSA) is 71.2 Å². The lowest BCUT2D eigenvalue weighted by molar-refractivity contribution is 0.0535. The van der Waals surface area contributed by atoms with E-state index in [1.807, 2.05) is 0 Å². The maximum Gasteiger partial charge on any atom is 0.408 e.